The molecular formula is C26H36N6O2. The second-order valence-electron chi connectivity index (χ2n) is 8.99. The number of nitrogens with zero attached hydrogens (tertiary/aromatic N) is 5. The zero-order chi connectivity index (χ0) is 24.1. The molecule has 1 aliphatic heterocycles. The third-order valence-electron chi connectivity index (χ3n) is 6.47. The largest absolute Gasteiger partial charge is 0.497 e. The van der Waals surface area contributed by atoms with Gasteiger partial charge < -0.3 is 19.7 Å². The van der Waals surface area contributed by atoms with E-state index in [9.17, 15) is 0 Å². The minimum atomic E-state index is 0.590. The molecule has 182 valence electrons. The number of guanidine groups is 1. The fourth-order valence-electron chi connectivity index (χ4n) is 4.41. The van der Waals surface area contributed by atoms with Crippen LogP contribution in [0.15, 0.2) is 29.9 Å². The molecule has 0 spiro atoms. The van der Waals surface area contributed by atoms with Crippen molar-refractivity contribution in [3.05, 3.63) is 53.1 Å². The molecule has 1 saturated carbocycles. The number of ether oxygens (including phenoxy) is 2. The highest BCUT2D eigenvalue weighted by atomic mass is 16.5. The monoisotopic (exact) mass is 464 g/mol. The number of rotatable bonds is 9. The summed E-state index contributed by atoms with van der Waals surface area (Å²) < 4.78 is 10.7. The molecule has 1 aromatic heterocycles. The molecule has 0 unspecified atom stereocenters. The highest BCUT2D eigenvalue weighted by Gasteiger charge is 2.28. The smallest absolute Gasteiger partial charge is 0.198 e. The molecule has 0 amide bonds. The van der Waals surface area contributed by atoms with Gasteiger partial charge in [0.05, 0.1) is 31.6 Å². The third kappa shape index (κ3) is 5.56. The predicted octanol–water partition coefficient (Wildman–Crippen LogP) is 3.54. The zero-order valence-electron chi connectivity index (χ0n) is 20.8. The summed E-state index contributed by atoms with van der Waals surface area (Å²) in [7, 11) is 7.31. The van der Waals surface area contributed by atoms with Gasteiger partial charge in [-0.25, -0.2) is 9.97 Å². The Morgan fingerprint density at radius 3 is 2.85 bits per heavy atom. The first-order valence-electron chi connectivity index (χ1n) is 11.9. The minimum absolute atomic E-state index is 0.590. The molecule has 2 aromatic rings. The summed E-state index contributed by atoms with van der Waals surface area (Å²) in [6.07, 6.45) is 7.19. The van der Waals surface area contributed by atoms with E-state index in [4.69, 9.17) is 14.5 Å². The van der Waals surface area contributed by atoms with E-state index < -0.39 is 0 Å². The summed E-state index contributed by atoms with van der Waals surface area (Å²) in [6, 6.07) is 4.17. The van der Waals surface area contributed by atoms with E-state index in [0.29, 0.717) is 19.1 Å². The number of benzene rings is 1. The van der Waals surface area contributed by atoms with Gasteiger partial charge in [-0.2, -0.15) is 0 Å². The van der Waals surface area contributed by atoms with Gasteiger partial charge in [-0.1, -0.05) is 12.7 Å². The van der Waals surface area contributed by atoms with Crippen LogP contribution >= 0.6 is 0 Å². The van der Waals surface area contributed by atoms with Gasteiger partial charge in [0.2, 0.25) is 0 Å². The summed E-state index contributed by atoms with van der Waals surface area (Å²) in [5.41, 5.74) is 5.68. The molecule has 1 aromatic carbocycles. The summed E-state index contributed by atoms with van der Waals surface area (Å²) in [5, 5.41) is 3.57. The highest BCUT2D eigenvalue weighted by molar-refractivity contribution is 5.96. The summed E-state index contributed by atoms with van der Waals surface area (Å²) in [4.78, 5) is 18.5. The van der Waals surface area contributed by atoms with Gasteiger partial charge in [0.1, 0.15) is 11.6 Å². The fraction of sp³-hybridized carbons (Fsp3) is 0.500. The number of nitrogens with one attached hydrogen (secondary N) is 1. The number of likely N-dealkylation sites (N-methyl/N-ethyl adjacent to an activating group) is 1. The Hall–Kier alpha value is -2.97. The Bertz CT molecular complexity index is 1050. The first kappa shape index (κ1) is 24.2. The number of methoxy groups -OCH3 is 2. The Labute approximate surface area is 202 Å². The molecule has 1 aliphatic carbocycles. The molecule has 2 heterocycles. The standard InChI is InChI=1S/C26H36N6O2/c1-6-21-22(18-7-8-18)13-20(34-5)14-24(21)30-26(27-2)32-10-9-23-19(16-32)15-28-25(29-23)17-31(3)11-12-33-4/h6,13-15,18H,1,7-12,16-17H2,2-5H3,(H,27,30). The lowest BCUT2D eigenvalue weighted by molar-refractivity contribution is 0.157. The van der Waals surface area contributed by atoms with Crippen LogP contribution in [0.2, 0.25) is 0 Å². The van der Waals surface area contributed by atoms with E-state index in [-0.39, 0.29) is 0 Å². The van der Waals surface area contributed by atoms with Crippen LogP contribution in [-0.2, 0) is 24.2 Å². The van der Waals surface area contributed by atoms with Crippen molar-refractivity contribution in [2.45, 2.75) is 38.3 Å². The molecule has 1 fully saturated rings. The lowest BCUT2D eigenvalue weighted by Gasteiger charge is -2.31. The van der Waals surface area contributed by atoms with E-state index in [1.807, 2.05) is 25.4 Å². The summed E-state index contributed by atoms with van der Waals surface area (Å²) in [5.74, 6) is 3.12. The molecule has 0 radical (unpaired) electrons. The van der Waals surface area contributed by atoms with Gasteiger partial charge in [0, 0.05) is 63.6 Å². The van der Waals surface area contributed by atoms with Gasteiger partial charge in [0.15, 0.2) is 5.96 Å². The Balaban J connectivity index is 1.48. The van der Waals surface area contributed by atoms with Crippen LogP contribution < -0.4 is 10.1 Å². The molecule has 8 nitrogen and oxygen atoms in total. The van der Waals surface area contributed by atoms with Crippen LogP contribution in [0.25, 0.3) is 6.08 Å². The third-order valence-corrected chi connectivity index (χ3v) is 6.47. The van der Waals surface area contributed by atoms with Gasteiger partial charge in [-0.05, 0) is 37.4 Å². The topological polar surface area (TPSA) is 75.1 Å². The maximum absolute atomic E-state index is 5.59. The molecule has 0 atom stereocenters. The second-order valence-corrected chi connectivity index (χ2v) is 8.99. The van der Waals surface area contributed by atoms with Crippen molar-refractivity contribution < 1.29 is 9.47 Å². The number of fused-ring (bicyclic) bond motifs is 1. The number of aromatic nitrogens is 2. The minimum Gasteiger partial charge on any atom is -0.497 e. The molecule has 34 heavy (non-hydrogen) atoms. The molecule has 1 N–H and O–H groups in total. The van der Waals surface area contributed by atoms with E-state index in [2.05, 4.69) is 44.8 Å². The fourth-order valence-corrected chi connectivity index (χ4v) is 4.41. The van der Waals surface area contributed by atoms with E-state index in [0.717, 1.165) is 66.1 Å². The van der Waals surface area contributed by atoms with Crippen LogP contribution in [0, 0.1) is 0 Å². The van der Waals surface area contributed by atoms with Gasteiger partial charge >= 0.3 is 0 Å². The molecule has 0 bridgehead atoms. The average Bonchev–Trinajstić information content (AvgIpc) is 3.70. The average molecular weight is 465 g/mol. The Morgan fingerprint density at radius 1 is 1.35 bits per heavy atom. The maximum atomic E-state index is 5.59. The van der Waals surface area contributed by atoms with Crippen LogP contribution in [-0.4, -0.2) is 73.7 Å². The SMILES string of the molecule is C=Cc1c(NC(=NC)N2CCc3nc(CN(C)CCOC)ncc3C2)cc(OC)cc1C1CC1. The predicted molar refractivity (Wildman–Crippen MR) is 136 cm³/mol. The zero-order valence-corrected chi connectivity index (χ0v) is 20.8. The normalized spacial score (nSPS) is 15.9. The Kier molecular flexibility index (Phi) is 7.80. The van der Waals surface area contributed by atoms with E-state index in [1.165, 1.54) is 18.4 Å². The van der Waals surface area contributed by atoms with Crippen LogP contribution in [0.4, 0.5) is 5.69 Å². The molecule has 2 aliphatic rings. The van der Waals surface area contributed by atoms with Crippen LogP contribution in [0.1, 0.15) is 47.0 Å². The number of aliphatic imine (C=N–C) groups is 1. The first-order valence-corrected chi connectivity index (χ1v) is 11.9. The summed E-state index contributed by atoms with van der Waals surface area (Å²) >= 11 is 0. The quantitative estimate of drug-likeness (QED) is 0.449. The molecule has 4 rings (SSSR count). The molecular weight excluding hydrogens is 428 g/mol. The first-order chi connectivity index (χ1) is 16.6. The number of hydrogen-bond donors (Lipinski definition) is 1. The number of hydrogen-bond acceptors (Lipinski definition) is 6. The van der Waals surface area contributed by atoms with Gasteiger partial charge in [-0.3, -0.25) is 9.89 Å². The van der Waals surface area contributed by atoms with Gasteiger partial charge in [0.25, 0.3) is 0 Å². The maximum Gasteiger partial charge on any atom is 0.198 e. The van der Waals surface area contributed by atoms with E-state index in [1.54, 1.807) is 14.2 Å². The van der Waals surface area contributed by atoms with Gasteiger partial charge in [-0.15, -0.1) is 0 Å². The van der Waals surface area contributed by atoms with E-state index >= 15 is 0 Å². The second kappa shape index (κ2) is 11.0. The lowest BCUT2D eigenvalue weighted by Crippen LogP contribution is -2.40. The lowest BCUT2D eigenvalue weighted by atomic mass is 10.0. The van der Waals surface area contributed by atoms with Crippen LogP contribution in [0.3, 0.4) is 0 Å². The molecule has 0 saturated heterocycles. The van der Waals surface area contributed by atoms with Crippen molar-refractivity contribution in [2.75, 3.05) is 53.3 Å². The summed E-state index contributed by atoms with van der Waals surface area (Å²) in [6.45, 7) is 7.90. The van der Waals surface area contributed by atoms with Crippen molar-refractivity contribution >= 4 is 17.7 Å². The van der Waals surface area contributed by atoms with Crippen molar-refractivity contribution in [1.82, 2.24) is 19.8 Å². The van der Waals surface area contributed by atoms with Crippen molar-refractivity contribution in [3.8, 4) is 5.75 Å². The van der Waals surface area contributed by atoms with Crippen molar-refractivity contribution in [3.63, 3.8) is 0 Å². The van der Waals surface area contributed by atoms with Crippen molar-refractivity contribution in [1.29, 1.82) is 0 Å². The highest BCUT2D eigenvalue weighted by Crippen LogP contribution is 2.45. The number of anilines is 1. The molecule has 8 heteroatoms. The Morgan fingerprint density at radius 2 is 2.18 bits per heavy atom. The van der Waals surface area contributed by atoms with Crippen molar-refractivity contribution in [2.24, 2.45) is 4.99 Å². The van der Waals surface area contributed by atoms with Crippen LogP contribution in [0.5, 0.6) is 5.75 Å².